The molecule has 0 aliphatic heterocycles. The molecule has 2 rings (SSSR count). The second-order valence-electron chi connectivity index (χ2n) is 4.00. The average Bonchev–Trinajstić information content (AvgIpc) is 2.47. The lowest BCUT2D eigenvalue weighted by molar-refractivity contribution is 0.102. The van der Waals surface area contributed by atoms with E-state index in [1.165, 1.54) is 6.20 Å². The highest BCUT2D eigenvalue weighted by Gasteiger charge is 2.08. The summed E-state index contributed by atoms with van der Waals surface area (Å²) in [7, 11) is 1.58. The van der Waals surface area contributed by atoms with Crippen LogP contribution in [0, 0.1) is 0 Å². The van der Waals surface area contributed by atoms with Gasteiger partial charge in [-0.2, -0.15) is 0 Å². The van der Waals surface area contributed by atoms with Crippen molar-refractivity contribution in [1.29, 1.82) is 0 Å². The second kappa shape index (κ2) is 6.49. The van der Waals surface area contributed by atoms with Gasteiger partial charge >= 0.3 is 0 Å². The maximum atomic E-state index is 12.1. The van der Waals surface area contributed by atoms with Gasteiger partial charge in [0.15, 0.2) is 0 Å². The Balaban J connectivity index is 2.16. The number of carbonyl (C=O) groups excluding carboxylic acids is 1. The molecule has 0 radical (unpaired) electrons. The Bertz CT molecular complexity index is 632. The van der Waals surface area contributed by atoms with Crippen LogP contribution in [0.25, 0.3) is 0 Å². The van der Waals surface area contributed by atoms with E-state index in [2.05, 4.69) is 26.2 Å². The quantitative estimate of drug-likeness (QED) is 0.900. The molecule has 2 aromatic rings. The molecule has 0 saturated heterocycles. The lowest BCUT2D eigenvalue weighted by Crippen LogP contribution is -2.12. The van der Waals surface area contributed by atoms with Gasteiger partial charge in [0.1, 0.15) is 5.75 Å². The summed E-state index contributed by atoms with van der Waals surface area (Å²) in [6.45, 7) is -0.199. The summed E-state index contributed by atoms with van der Waals surface area (Å²) in [5.41, 5.74) is 1.54. The molecule has 2 N–H and O–H groups in total. The molecule has 0 atom stereocenters. The Morgan fingerprint density at radius 1 is 1.40 bits per heavy atom. The standard InChI is InChI=1S/C14H13BrN2O3/c1-20-13-3-2-10(7-12(13)15)17-14(19)9-4-5-16-11(6-9)8-18/h2-7,18H,8H2,1H3,(H,17,19). The molecular weight excluding hydrogens is 324 g/mol. The molecule has 0 unspecified atom stereocenters. The molecule has 6 heteroatoms. The molecule has 104 valence electrons. The van der Waals surface area contributed by atoms with E-state index in [0.29, 0.717) is 22.7 Å². The SMILES string of the molecule is COc1ccc(NC(=O)c2ccnc(CO)c2)cc1Br. The van der Waals surface area contributed by atoms with Crippen LogP contribution in [0.15, 0.2) is 41.0 Å². The number of rotatable bonds is 4. The number of ether oxygens (including phenoxy) is 1. The number of anilines is 1. The van der Waals surface area contributed by atoms with Crippen molar-refractivity contribution in [2.45, 2.75) is 6.61 Å². The first-order valence-corrected chi connectivity index (χ1v) is 6.64. The van der Waals surface area contributed by atoms with Gasteiger partial charge in [-0.25, -0.2) is 0 Å². The summed E-state index contributed by atoms with van der Waals surface area (Å²) in [6.07, 6.45) is 1.49. The largest absolute Gasteiger partial charge is 0.496 e. The van der Waals surface area contributed by atoms with Gasteiger partial charge in [-0.15, -0.1) is 0 Å². The van der Waals surface area contributed by atoms with E-state index in [-0.39, 0.29) is 12.5 Å². The molecule has 20 heavy (non-hydrogen) atoms. The molecule has 0 bridgehead atoms. The molecule has 1 aromatic carbocycles. The summed E-state index contributed by atoms with van der Waals surface area (Å²) < 4.78 is 5.88. The fourth-order valence-corrected chi connectivity index (χ4v) is 2.19. The van der Waals surface area contributed by atoms with Crippen molar-refractivity contribution in [1.82, 2.24) is 4.98 Å². The first-order chi connectivity index (χ1) is 9.63. The van der Waals surface area contributed by atoms with Gasteiger partial charge in [-0.1, -0.05) is 0 Å². The Hall–Kier alpha value is -1.92. The van der Waals surface area contributed by atoms with E-state index in [0.717, 1.165) is 4.47 Å². The summed E-state index contributed by atoms with van der Waals surface area (Å²) in [5.74, 6) is 0.425. The molecule has 0 saturated carbocycles. The number of hydrogen-bond donors (Lipinski definition) is 2. The highest BCUT2D eigenvalue weighted by atomic mass is 79.9. The van der Waals surface area contributed by atoms with Crippen molar-refractivity contribution < 1.29 is 14.6 Å². The number of amides is 1. The van der Waals surface area contributed by atoms with Crippen molar-refractivity contribution in [3.8, 4) is 5.75 Å². The average molecular weight is 337 g/mol. The van der Waals surface area contributed by atoms with Gasteiger partial charge in [0.05, 0.1) is 23.9 Å². The van der Waals surface area contributed by atoms with Gasteiger partial charge in [-0.3, -0.25) is 9.78 Å². The minimum atomic E-state index is -0.265. The predicted octanol–water partition coefficient (Wildman–Crippen LogP) is 2.60. The van der Waals surface area contributed by atoms with E-state index in [1.807, 2.05) is 0 Å². The van der Waals surface area contributed by atoms with Crippen molar-refractivity contribution in [3.63, 3.8) is 0 Å². The zero-order valence-electron chi connectivity index (χ0n) is 10.8. The van der Waals surface area contributed by atoms with Crippen LogP contribution in [0.2, 0.25) is 0 Å². The Labute approximate surface area is 124 Å². The highest BCUT2D eigenvalue weighted by molar-refractivity contribution is 9.10. The zero-order chi connectivity index (χ0) is 14.5. The first kappa shape index (κ1) is 14.5. The number of nitrogens with zero attached hydrogens (tertiary/aromatic N) is 1. The van der Waals surface area contributed by atoms with Gasteiger partial charge < -0.3 is 15.2 Å². The smallest absolute Gasteiger partial charge is 0.255 e. The maximum Gasteiger partial charge on any atom is 0.255 e. The number of nitrogens with one attached hydrogen (secondary N) is 1. The highest BCUT2D eigenvalue weighted by Crippen LogP contribution is 2.27. The fourth-order valence-electron chi connectivity index (χ4n) is 1.65. The lowest BCUT2D eigenvalue weighted by Gasteiger charge is -2.08. The van der Waals surface area contributed by atoms with E-state index in [9.17, 15) is 4.79 Å². The third-order valence-corrected chi connectivity index (χ3v) is 3.27. The summed E-state index contributed by atoms with van der Waals surface area (Å²) in [4.78, 5) is 16.0. The zero-order valence-corrected chi connectivity index (χ0v) is 12.3. The molecule has 1 amide bonds. The number of pyridine rings is 1. The summed E-state index contributed by atoms with van der Waals surface area (Å²) in [6, 6.07) is 8.40. The van der Waals surface area contributed by atoms with E-state index >= 15 is 0 Å². The third kappa shape index (κ3) is 3.34. The summed E-state index contributed by atoms with van der Waals surface area (Å²) in [5, 5.41) is 11.8. The monoisotopic (exact) mass is 336 g/mol. The molecule has 0 aliphatic carbocycles. The maximum absolute atomic E-state index is 12.1. The van der Waals surface area contributed by atoms with Crippen LogP contribution in [-0.2, 0) is 6.61 Å². The minimum Gasteiger partial charge on any atom is -0.496 e. The van der Waals surface area contributed by atoms with Crippen LogP contribution in [0.1, 0.15) is 16.1 Å². The number of carbonyl (C=O) groups is 1. The number of aliphatic hydroxyl groups excluding tert-OH is 1. The number of aromatic nitrogens is 1. The Morgan fingerprint density at radius 2 is 2.20 bits per heavy atom. The number of halogens is 1. The van der Waals surface area contributed by atoms with E-state index in [4.69, 9.17) is 9.84 Å². The summed E-state index contributed by atoms with van der Waals surface area (Å²) >= 11 is 3.36. The van der Waals surface area contributed by atoms with Crippen LogP contribution in [0.4, 0.5) is 5.69 Å². The van der Waals surface area contributed by atoms with Gasteiger partial charge in [0, 0.05) is 17.4 Å². The molecule has 0 aliphatic rings. The molecule has 1 heterocycles. The van der Waals surface area contributed by atoms with Gasteiger partial charge in [-0.05, 0) is 46.3 Å². The normalized spacial score (nSPS) is 10.2. The third-order valence-electron chi connectivity index (χ3n) is 2.65. The predicted molar refractivity (Wildman–Crippen MR) is 78.8 cm³/mol. The molecule has 1 aromatic heterocycles. The number of methoxy groups -OCH3 is 1. The van der Waals surface area contributed by atoms with Crippen LogP contribution < -0.4 is 10.1 Å². The van der Waals surface area contributed by atoms with Crippen LogP contribution in [-0.4, -0.2) is 23.1 Å². The molecular formula is C14H13BrN2O3. The van der Waals surface area contributed by atoms with Gasteiger partial charge in [0.25, 0.3) is 5.91 Å². The minimum absolute atomic E-state index is 0.199. The number of benzene rings is 1. The van der Waals surface area contributed by atoms with Crippen molar-refractivity contribution in [2.24, 2.45) is 0 Å². The Morgan fingerprint density at radius 3 is 2.85 bits per heavy atom. The van der Waals surface area contributed by atoms with Crippen LogP contribution in [0.5, 0.6) is 5.75 Å². The Kier molecular flexibility index (Phi) is 4.70. The van der Waals surface area contributed by atoms with E-state index < -0.39 is 0 Å². The fraction of sp³-hybridized carbons (Fsp3) is 0.143. The van der Waals surface area contributed by atoms with Crippen molar-refractivity contribution in [2.75, 3.05) is 12.4 Å². The topological polar surface area (TPSA) is 71.5 Å². The molecule has 5 nitrogen and oxygen atoms in total. The first-order valence-electron chi connectivity index (χ1n) is 5.84. The molecule has 0 fully saturated rings. The second-order valence-corrected chi connectivity index (χ2v) is 4.85. The number of aliphatic hydroxyl groups is 1. The molecule has 0 spiro atoms. The van der Waals surface area contributed by atoms with E-state index in [1.54, 1.807) is 37.4 Å². The van der Waals surface area contributed by atoms with Crippen molar-refractivity contribution >= 4 is 27.5 Å². The van der Waals surface area contributed by atoms with Crippen molar-refractivity contribution in [3.05, 3.63) is 52.3 Å². The lowest BCUT2D eigenvalue weighted by atomic mass is 10.2. The van der Waals surface area contributed by atoms with Gasteiger partial charge in [0.2, 0.25) is 0 Å². The number of hydrogen-bond acceptors (Lipinski definition) is 4. The van der Waals surface area contributed by atoms with Crippen LogP contribution in [0.3, 0.4) is 0 Å². The van der Waals surface area contributed by atoms with Crippen LogP contribution >= 0.6 is 15.9 Å².